The summed E-state index contributed by atoms with van der Waals surface area (Å²) in [6.45, 7) is 0.00460. The van der Waals surface area contributed by atoms with E-state index in [4.69, 9.17) is 4.74 Å². The molecule has 2 aliphatic heterocycles. The van der Waals surface area contributed by atoms with Gasteiger partial charge in [0.25, 0.3) is 6.71 Å². The first kappa shape index (κ1) is 28.3. The van der Waals surface area contributed by atoms with Gasteiger partial charge in [-0.05, 0) is 97.3 Å². The number of nitrogens with zero attached hydrogens (tertiary/aromatic N) is 1. The summed E-state index contributed by atoms with van der Waals surface area (Å²) in [5.41, 5.74) is 16.9. The molecule has 0 atom stereocenters. The molecule has 3 heterocycles. The van der Waals surface area contributed by atoms with Gasteiger partial charge in [0.05, 0.1) is 5.52 Å². The third-order valence-electron chi connectivity index (χ3n) is 10.8. The van der Waals surface area contributed by atoms with E-state index in [9.17, 15) is 0 Å². The van der Waals surface area contributed by atoms with Gasteiger partial charge in [-0.2, -0.15) is 0 Å². The molecule has 0 saturated heterocycles. The van der Waals surface area contributed by atoms with Gasteiger partial charge in [-0.15, -0.1) is 0 Å². The van der Waals surface area contributed by atoms with E-state index in [1.54, 1.807) is 0 Å². The highest BCUT2D eigenvalue weighted by Crippen LogP contribution is 2.42. The third-order valence-corrected chi connectivity index (χ3v) is 10.8. The lowest BCUT2D eigenvalue weighted by atomic mass is 9.34. The average Bonchev–Trinajstić information content (AvgIpc) is 3.54. The zero-order valence-corrected chi connectivity index (χ0v) is 27.8. The lowest BCUT2D eigenvalue weighted by Gasteiger charge is -2.34. The van der Waals surface area contributed by atoms with Crippen molar-refractivity contribution in [3.8, 4) is 61.7 Å². The fourth-order valence-corrected chi connectivity index (χ4v) is 8.49. The molecule has 0 unspecified atom stereocenters. The fraction of sp³-hybridized carbons (Fsp3) is 0. The Kier molecular flexibility index (Phi) is 6.08. The molecule has 0 amide bonds. The number of hydrogen-bond donors (Lipinski definition) is 0. The summed E-state index contributed by atoms with van der Waals surface area (Å²) in [6.07, 6.45) is 0. The molecule has 51 heavy (non-hydrogen) atoms. The van der Waals surface area contributed by atoms with Crippen molar-refractivity contribution in [2.24, 2.45) is 0 Å². The molecule has 0 saturated carbocycles. The summed E-state index contributed by atoms with van der Waals surface area (Å²) in [4.78, 5) is 0. The first-order valence-electron chi connectivity index (χ1n) is 17.6. The molecular weight excluding hydrogens is 617 g/mol. The summed E-state index contributed by atoms with van der Waals surface area (Å²) >= 11 is 0. The van der Waals surface area contributed by atoms with Crippen molar-refractivity contribution in [3.63, 3.8) is 0 Å². The van der Waals surface area contributed by atoms with Crippen molar-refractivity contribution < 1.29 is 4.74 Å². The van der Waals surface area contributed by atoms with Gasteiger partial charge >= 0.3 is 0 Å². The van der Waals surface area contributed by atoms with Gasteiger partial charge in [-0.3, -0.25) is 0 Å². The van der Waals surface area contributed by atoms with Crippen molar-refractivity contribution in [2.75, 3.05) is 0 Å². The Morgan fingerprint density at radius 3 is 1.51 bits per heavy atom. The molecule has 0 aliphatic carbocycles. The normalized spacial score (nSPS) is 12.4. The van der Waals surface area contributed by atoms with Crippen LogP contribution in [0.5, 0.6) is 11.5 Å². The molecule has 9 aromatic rings. The van der Waals surface area contributed by atoms with E-state index in [0.29, 0.717) is 0 Å². The molecule has 236 valence electrons. The zero-order chi connectivity index (χ0) is 33.5. The predicted octanol–water partition coefficient (Wildman–Crippen LogP) is 10.4. The predicted molar refractivity (Wildman–Crippen MR) is 214 cm³/mol. The van der Waals surface area contributed by atoms with E-state index in [1.165, 1.54) is 77.3 Å². The second-order valence-electron chi connectivity index (χ2n) is 13.7. The molecule has 0 fully saturated rings. The molecule has 2 aliphatic rings. The number of fused-ring (bicyclic) bond motifs is 7. The minimum absolute atomic E-state index is 0.00460. The van der Waals surface area contributed by atoms with Gasteiger partial charge in [0.2, 0.25) is 0 Å². The highest BCUT2D eigenvalue weighted by Gasteiger charge is 2.41. The first-order valence-corrected chi connectivity index (χ1v) is 17.6. The van der Waals surface area contributed by atoms with E-state index >= 15 is 0 Å². The highest BCUT2D eigenvalue weighted by molar-refractivity contribution is 6.99. The van der Waals surface area contributed by atoms with Crippen LogP contribution >= 0.6 is 0 Å². The standard InChI is InChI=1S/C48H30BNO/c1-5-13-31(14-6-1)35-22-24-43-39(25-35)40-26-37(33-17-9-3-10-18-33)27-42-48(40)50(43)44-28-38(34-19-11-4-12-20-34)30-46-47(44)49(42)41-23-21-36(29-45(41)51-46)32-15-7-2-8-16-32/h1-30H. The average molecular weight is 648 g/mol. The highest BCUT2D eigenvalue weighted by atomic mass is 16.5. The van der Waals surface area contributed by atoms with Crippen molar-refractivity contribution in [1.29, 1.82) is 0 Å². The lowest BCUT2D eigenvalue weighted by molar-refractivity contribution is 0.487. The Morgan fingerprint density at radius 1 is 0.373 bits per heavy atom. The molecule has 3 heteroatoms. The summed E-state index contributed by atoms with van der Waals surface area (Å²) < 4.78 is 9.54. The number of aromatic nitrogens is 1. The minimum atomic E-state index is 0.00460. The summed E-state index contributed by atoms with van der Waals surface area (Å²) in [7, 11) is 0. The zero-order valence-electron chi connectivity index (χ0n) is 27.8. The number of ether oxygens (including phenoxy) is 1. The monoisotopic (exact) mass is 647 g/mol. The molecule has 8 aromatic carbocycles. The Labute approximate surface area is 296 Å². The number of rotatable bonds is 4. The largest absolute Gasteiger partial charge is 0.458 e. The molecule has 2 nitrogen and oxygen atoms in total. The van der Waals surface area contributed by atoms with Crippen LogP contribution in [-0.2, 0) is 0 Å². The quantitative estimate of drug-likeness (QED) is 0.174. The van der Waals surface area contributed by atoms with Crippen LogP contribution in [0.2, 0.25) is 0 Å². The van der Waals surface area contributed by atoms with Gasteiger partial charge in [-0.1, -0.05) is 146 Å². The molecule has 0 radical (unpaired) electrons. The summed E-state index contributed by atoms with van der Waals surface area (Å²) in [5.74, 6) is 1.83. The third kappa shape index (κ3) is 4.31. The second kappa shape index (κ2) is 11.0. The van der Waals surface area contributed by atoms with Gasteiger partial charge < -0.3 is 9.30 Å². The summed E-state index contributed by atoms with van der Waals surface area (Å²) in [6, 6.07) is 66.0. The first-order chi connectivity index (χ1) is 25.3. The maximum atomic E-state index is 7.03. The SMILES string of the molecule is c1ccc(-c2ccc3c(c2)Oc2cc(-c4ccccc4)cc4c2B3c2cc(-c3ccccc3)cc3c5cc(-c6ccccc6)ccc5n-4c23)cc1. The van der Waals surface area contributed by atoms with E-state index in [1.807, 2.05) is 0 Å². The van der Waals surface area contributed by atoms with Crippen LogP contribution in [0, 0.1) is 0 Å². The number of benzene rings is 8. The molecule has 0 N–H and O–H groups in total. The molecular formula is C48H30BNO. The topological polar surface area (TPSA) is 14.2 Å². The van der Waals surface area contributed by atoms with Gasteiger partial charge in [0.1, 0.15) is 11.5 Å². The van der Waals surface area contributed by atoms with E-state index in [2.05, 4.69) is 187 Å². The number of hydrogen-bond acceptors (Lipinski definition) is 1. The van der Waals surface area contributed by atoms with Crippen LogP contribution < -0.4 is 21.1 Å². The van der Waals surface area contributed by atoms with Gasteiger partial charge in [0.15, 0.2) is 0 Å². The van der Waals surface area contributed by atoms with Crippen LogP contribution in [0.15, 0.2) is 182 Å². The summed E-state index contributed by atoms with van der Waals surface area (Å²) in [5, 5.41) is 2.52. The van der Waals surface area contributed by atoms with E-state index in [-0.39, 0.29) is 6.71 Å². The Hall–Kier alpha value is -6.58. The van der Waals surface area contributed by atoms with Crippen molar-refractivity contribution in [2.45, 2.75) is 0 Å². The van der Waals surface area contributed by atoms with Crippen LogP contribution in [0.25, 0.3) is 72.0 Å². The maximum Gasteiger partial charge on any atom is 0.256 e. The minimum Gasteiger partial charge on any atom is -0.458 e. The Bertz CT molecular complexity index is 2810. The van der Waals surface area contributed by atoms with Gasteiger partial charge in [-0.25, -0.2) is 0 Å². The van der Waals surface area contributed by atoms with Crippen molar-refractivity contribution >= 4 is 44.9 Å². The smallest absolute Gasteiger partial charge is 0.256 e. The molecule has 11 rings (SSSR count). The lowest BCUT2D eigenvalue weighted by Crippen LogP contribution is -2.58. The van der Waals surface area contributed by atoms with Crippen LogP contribution in [-0.4, -0.2) is 11.3 Å². The molecule has 0 bridgehead atoms. The van der Waals surface area contributed by atoms with E-state index in [0.717, 1.165) is 22.6 Å². The van der Waals surface area contributed by atoms with Crippen LogP contribution in [0.3, 0.4) is 0 Å². The molecule has 0 spiro atoms. The van der Waals surface area contributed by atoms with Crippen molar-refractivity contribution in [1.82, 2.24) is 4.57 Å². The van der Waals surface area contributed by atoms with Gasteiger partial charge in [0, 0.05) is 22.0 Å². The van der Waals surface area contributed by atoms with E-state index < -0.39 is 0 Å². The van der Waals surface area contributed by atoms with Crippen molar-refractivity contribution in [3.05, 3.63) is 182 Å². The van der Waals surface area contributed by atoms with Crippen LogP contribution in [0.1, 0.15) is 0 Å². The second-order valence-corrected chi connectivity index (χ2v) is 13.7. The molecule has 1 aromatic heterocycles. The Morgan fingerprint density at radius 2 is 0.882 bits per heavy atom. The van der Waals surface area contributed by atoms with Crippen LogP contribution in [0.4, 0.5) is 0 Å². The Balaban J connectivity index is 1.26. The fourth-order valence-electron chi connectivity index (χ4n) is 8.49. The maximum absolute atomic E-state index is 7.03.